The lowest BCUT2D eigenvalue weighted by Crippen LogP contribution is -2.46. The second-order valence-corrected chi connectivity index (χ2v) is 3.02. The van der Waals surface area contributed by atoms with Crippen molar-refractivity contribution >= 4 is 0 Å². The lowest BCUT2D eigenvalue weighted by molar-refractivity contribution is -0.166. The van der Waals surface area contributed by atoms with Crippen LogP contribution in [0.2, 0.25) is 0 Å². The molecular weight excluding hydrogens is 178 g/mol. The van der Waals surface area contributed by atoms with Crippen LogP contribution in [-0.4, -0.2) is 59.7 Å². The standard InChI is InChI=1S/C7H15NO5/c1-12-7-5(11)4(8)6(13-7)3(10)2-9/h3-7,9-11H,2,8H2,1H3/t3-,4+,5-,6-,7+/m1/s1. The Morgan fingerprint density at radius 3 is 2.62 bits per heavy atom. The maximum absolute atomic E-state index is 9.40. The summed E-state index contributed by atoms with van der Waals surface area (Å²) in [5.41, 5.74) is 5.54. The lowest BCUT2D eigenvalue weighted by atomic mass is 10.0. The van der Waals surface area contributed by atoms with Crippen molar-refractivity contribution in [2.75, 3.05) is 13.7 Å². The number of ether oxygens (including phenoxy) is 2. The van der Waals surface area contributed by atoms with E-state index in [-0.39, 0.29) is 0 Å². The largest absolute Gasteiger partial charge is 0.394 e. The van der Waals surface area contributed by atoms with Crippen LogP contribution in [0.25, 0.3) is 0 Å². The van der Waals surface area contributed by atoms with Gasteiger partial charge in [-0.05, 0) is 0 Å². The van der Waals surface area contributed by atoms with E-state index in [0.29, 0.717) is 0 Å². The van der Waals surface area contributed by atoms with Crippen molar-refractivity contribution in [2.45, 2.75) is 30.6 Å². The van der Waals surface area contributed by atoms with E-state index in [4.69, 9.17) is 20.3 Å². The SMILES string of the molecule is CO[C@H]1O[C@H]([C@H](O)CO)[C@@H](N)[C@H]1O. The van der Waals surface area contributed by atoms with Gasteiger partial charge in [0.05, 0.1) is 12.6 Å². The second-order valence-electron chi connectivity index (χ2n) is 3.02. The van der Waals surface area contributed by atoms with E-state index in [2.05, 4.69) is 0 Å². The average Bonchev–Trinajstić information content (AvgIpc) is 2.43. The molecule has 1 fully saturated rings. The average molecular weight is 193 g/mol. The number of hydrogen-bond acceptors (Lipinski definition) is 6. The third-order valence-corrected chi connectivity index (χ3v) is 2.14. The Bertz CT molecular complexity index is 167. The van der Waals surface area contributed by atoms with Gasteiger partial charge in [0.25, 0.3) is 0 Å². The number of hydrogen-bond donors (Lipinski definition) is 4. The van der Waals surface area contributed by atoms with Crippen LogP contribution in [0.3, 0.4) is 0 Å². The Balaban J connectivity index is 2.60. The highest BCUT2D eigenvalue weighted by atomic mass is 16.7. The van der Waals surface area contributed by atoms with E-state index in [1.807, 2.05) is 0 Å². The van der Waals surface area contributed by atoms with Crippen molar-refractivity contribution in [1.29, 1.82) is 0 Å². The molecular formula is C7H15NO5. The first-order chi connectivity index (χ1) is 6.11. The molecule has 0 amide bonds. The molecule has 6 nitrogen and oxygen atoms in total. The molecule has 5 N–H and O–H groups in total. The van der Waals surface area contributed by atoms with Gasteiger partial charge in [-0.1, -0.05) is 0 Å². The molecule has 1 aliphatic rings. The normalized spacial score (nSPS) is 42.2. The van der Waals surface area contributed by atoms with Crippen molar-refractivity contribution in [2.24, 2.45) is 5.73 Å². The summed E-state index contributed by atoms with van der Waals surface area (Å²) < 4.78 is 9.85. The smallest absolute Gasteiger partial charge is 0.185 e. The van der Waals surface area contributed by atoms with Gasteiger partial charge >= 0.3 is 0 Å². The number of aliphatic hydroxyl groups is 3. The zero-order valence-electron chi connectivity index (χ0n) is 7.33. The fourth-order valence-electron chi connectivity index (χ4n) is 1.35. The molecule has 78 valence electrons. The van der Waals surface area contributed by atoms with Gasteiger partial charge in [0.1, 0.15) is 18.3 Å². The van der Waals surface area contributed by atoms with Crippen LogP contribution in [0, 0.1) is 0 Å². The van der Waals surface area contributed by atoms with E-state index in [9.17, 15) is 10.2 Å². The first-order valence-electron chi connectivity index (χ1n) is 4.02. The van der Waals surface area contributed by atoms with Gasteiger partial charge in [0.2, 0.25) is 0 Å². The molecule has 0 spiro atoms. The molecule has 1 rings (SSSR count). The van der Waals surface area contributed by atoms with Crippen LogP contribution in [0.1, 0.15) is 0 Å². The van der Waals surface area contributed by atoms with E-state index in [0.717, 1.165) is 0 Å². The maximum Gasteiger partial charge on any atom is 0.185 e. The molecule has 13 heavy (non-hydrogen) atoms. The van der Waals surface area contributed by atoms with Gasteiger partial charge in [0.15, 0.2) is 6.29 Å². The molecule has 0 aromatic rings. The quantitative estimate of drug-likeness (QED) is 0.391. The van der Waals surface area contributed by atoms with Gasteiger partial charge < -0.3 is 30.5 Å². The van der Waals surface area contributed by atoms with Gasteiger partial charge in [-0.25, -0.2) is 0 Å². The first-order valence-corrected chi connectivity index (χ1v) is 4.02. The molecule has 5 atom stereocenters. The van der Waals surface area contributed by atoms with Crippen LogP contribution in [0.15, 0.2) is 0 Å². The Labute approximate surface area is 75.9 Å². The zero-order valence-corrected chi connectivity index (χ0v) is 7.33. The fraction of sp³-hybridized carbons (Fsp3) is 1.00. The summed E-state index contributed by atoms with van der Waals surface area (Å²) in [5, 5.41) is 27.3. The van der Waals surface area contributed by atoms with E-state index in [1.165, 1.54) is 7.11 Å². The van der Waals surface area contributed by atoms with Crippen molar-refractivity contribution in [1.82, 2.24) is 0 Å². The minimum absolute atomic E-state index is 0.457. The predicted molar refractivity (Wildman–Crippen MR) is 42.7 cm³/mol. The van der Waals surface area contributed by atoms with Gasteiger partial charge in [-0.3, -0.25) is 0 Å². The molecule has 0 unspecified atom stereocenters. The molecule has 0 bridgehead atoms. The third kappa shape index (κ3) is 1.98. The highest BCUT2D eigenvalue weighted by Crippen LogP contribution is 2.22. The van der Waals surface area contributed by atoms with Crippen LogP contribution in [0.5, 0.6) is 0 Å². The summed E-state index contributed by atoms with van der Waals surface area (Å²) in [4.78, 5) is 0. The molecule has 1 aliphatic heterocycles. The fourth-order valence-corrected chi connectivity index (χ4v) is 1.35. The topological polar surface area (TPSA) is 105 Å². The molecule has 0 aromatic carbocycles. The highest BCUT2D eigenvalue weighted by molar-refractivity contribution is 4.93. The monoisotopic (exact) mass is 193 g/mol. The number of rotatable bonds is 3. The van der Waals surface area contributed by atoms with Crippen molar-refractivity contribution in [3.8, 4) is 0 Å². The van der Waals surface area contributed by atoms with Crippen molar-refractivity contribution in [3.63, 3.8) is 0 Å². The number of methoxy groups -OCH3 is 1. The number of aliphatic hydroxyl groups excluding tert-OH is 3. The molecule has 0 radical (unpaired) electrons. The molecule has 0 aliphatic carbocycles. The predicted octanol–water partition coefficient (Wildman–Crippen LogP) is -2.60. The van der Waals surface area contributed by atoms with E-state index >= 15 is 0 Å². The van der Waals surface area contributed by atoms with Crippen LogP contribution in [-0.2, 0) is 9.47 Å². The van der Waals surface area contributed by atoms with Crippen molar-refractivity contribution in [3.05, 3.63) is 0 Å². The van der Waals surface area contributed by atoms with Gasteiger partial charge in [0, 0.05) is 7.11 Å². The molecule has 0 saturated carbocycles. The number of nitrogens with two attached hydrogens (primary N) is 1. The second kappa shape index (κ2) is 4.32. The first kappa shape index (κ1) is 10.8. The zero-order chi connectivity index (χ0) is 10.0. The summed E-state index contributed by atoms with van der Waals surface area (Å²) in [6.07, 6.45) is -3.69. The molecule has 6 heteroatoms. The van der Waals surface area contributed by atoms with Gasteiger partial charge in [-0.15, -0.1) is 0 Å². The lowest BCUT2D eigenvalue weighted by Gasteiger charge is -2.19. The summed E-state index contributed by atoms with van der Waals surface area (Å²) in [5.74, 6) is 0. The van der Waals surface area contributed by atoms with Crippen LogP contribution >= 0.6 is 0 Å². The Kier molecular flexibility index (Phi) is 3.60. The van der Waals surface area contributed by atoms with E-state index in [1.54, 1.807) is 0 Å². The Hall–Kier alpha value is -0.240. The highest BCUT2D eigenvalue weighted by Gasteiger charge is 2.44. The third-order valence-electron chi connectivity index (χ3n) is 2.14. The Morgan fingerprint density at radius 1 is 1.62 bits per heavy atom. The Morgan fingerprint density at radius 2 is 2.23 bits per heavy atom. The van der Waals surface area contributed by atoms with E-state index < -0.39 is 37.3 Å². The molecule has 1 heterocycles. The summed E-state index contributed by atoms with van der Waals surface area (Å²) >= 11 is 0. The maximum atomic E-state index is 9.40. The minimum Gasteiger partial charge on any atom is -0.394 e. The summed E-state index contributed by atoms with van der Waals surface area (Å²) in [6.45, 7) is -0.457. The van der Waals surface area contributed by atoms with Crippen LogP contribution in [0.4, 0.5) is 0 Å². The summed E-state index contributed by atoms with van der Waals surface area (Å²) in [7, 11) is 1.37. The minimum atomic E-state index is -1.09. The van der Waals surface area contributed by atoms with Crippen LogP contribution < -0.4 is 5.73 Å². The molecule has 1 saturated heterocycles. The molecule has 0 aromatic heterocycles. The summed E-state index contributed by atoms with van der Waals surface area (Å²) in [6, 6.07) is -0.743. The van der Waals surface area contributed by atoms with Crippen molar-refractivity contribution < 1.29 is 24.8 Å². The van der Waals surface area contributed by atoms with Gasteiger partial charge in [-0.2, -0.15) is 0 Å².